The molecule has 6 nitrogen and oxygen atoms in total. The molecule has 0 radical (unpaired) electrons. The van der Waals surface area contributed by atoms with Gasteiger partial charge in [0.1, 0.15) is 18.0 Å². The van der Waals surface area contributed by atoms with Crippen molar-refractivity contribution in [3.05, 3.63) is 70.5 Å². The first-order valence-electron chi connectivity index (χ1n) is 8.41. The average molecular weight is 354 g/mol. The van der Waals surface area contributed by atoms with Gasteiger partial charge in [0.05, 0.1) is 18.7 Å². The second-order valence-corrected chi connectivity index (χ2v) is 6.07. The van der Waals surface area contributed by atoms with E-state index in [1.165, 1.54) is 4.73 Å². The molecule has 0 aliphatic rings. The number of aliphatic hydroxyl groups excluding tert-OH is 1. The van der Waals surface area contributed by atoms with Gasteiger partial charge in [0.2, 0.25) is 0 Å². The predicted octanol–water partition coefficient (Wildman–Crippen LogP) is 2.43. The largest absolute Gasteiger partial charge is 0.497 e. The zero-order valence-electron chi connectivity index (χ0n) is 14.8. The summed E-state index contributed by atoms with van der Waals surface area (Å²) in [5.41, 5.74) is 1.78. The Morgan fingerprint density at radius 1 is 1.15 bits per heavy atom. The zero-order chi connectivity index (χ0) is 18.5. The van der Waals surface area contributed by atoms with E-state index in [-0.39, 0.29) is 12.2 Å². The summed E-state index contributed by atoms with van der Waals surface area (Å²) in [6.45, 7) is 2.11. The summed E-state index contributed by atoms with van der Waals surface area (Å²) in [6, 6.07) is 16.9. The quantitative estimate of drug-likeness (QED) is 0.682. The van der Waals surface area contributed by atoms with Crippen molar-refractivity contribution in [2.75, 3.05) is 19.0 Å². The van der Waals surface area contributed by atoms with Crippen LogP contribution in [0.3, 0.4) is 0 Å². The molecule has 3 rings (SSSR count). The highest BCUT2D eigenvalue weighted by molar-refractivity contribution is 5.81. The molecule has 1 heterocycles. The number of hydrogen-bond donors (Lipinski definition) is 2. The summed E-state index contributed by atoms with van der Waals surface area (Å²) in [6.07, 6.45) is -0.672. The second-order valence-electron chi connectivity index (χ2n) is 6.07. The van der Waals surface area contributed by atoms with E-state index in [1.54, 1.807) is 20.1 Å². The fraction of sp³-hybridized carbons (Fsp3) is 0.250. The van der Waals surface area contributed by atoms with Gasteiger partial charge in [0.25, 0.3) is 0 Å². The number of anilines is 1. The van der Waals surface area contributed by atoms with Crippen LogP contribution in [0.2, 0.25) is 0 Å². The molecule has 6 heteroatoms. The van der Waals surface area contributed by atoms with Crippen molar-refractivity contribution in [3.63, 3.8) is 0 Å². The molecule has 2 N–H and O–H groups in total. The maximum absolute atomic E-state index is 12.8. The minimum atomic E-state index is -0.672. The molecular formula is C20H22N2O4. The van der Waals surface area contributed by atoms with E-state index in [1.807, 2.05) is 48.5 Å². The van der Waals surface area contributed by atoms with Gasteiger partial charge in [0, 0.05) is 11.9 Å². The number of methoxy groups -OCH3 is 1. The van der Waals surface area contributed by atoms with E-state index < -0.39 is 6.10 Å². The number of pyridine rings is 1. The van der Waals surface area contributed by atoms with Crippen LogP contribution in [0.15, 0.2) is 59.4 Å². The van der Waals surface area contributed by atoms with Crippen LogP contribution in [0, 0.1) is 0 Å². The molecule has 0 bridgehead atoms. The molecule has 1 atom stereocenters. The number of ether oxygens (including phenoxy) is 1. The third-order valence-corrected chi connectivity index (χ3v) is 3.93. The normalized spacial score (nSPS) is 12.0. The van der Waals surface area contributed by atoms with Crippen LogP contribution in [0.5, 0.6) is 5.75 Å². The highest BCUT2D eigenvalue weighted by atomic mass is 16.7. The van der Waals surface area contributed by atoms with E-state index in [2.05, 4.69) is 5.32 Å². The molecule has 136 valence electrons. The summed E-state index contributed by atoms with van der Waals surface area (Å²) < 4.78 is 6.46. The van der Waals surface area contributed by atoms with Gasteiger partial charge in [-0.05, 0) is 36.8 Å². The maximum Gasteiger partial charge on any atom is 0.306 e. The SMILES string of the molecule is COc1cccc(CNc2cc3ccccc3n(OCC(C)O)c2=O)c1. The molecule has 26 heavy (non-hydrogen) atoms. The van der Waals surface area contributed by atoms with Gasteiger partial charge in [-0.2, -0.15) is 0 Å². The predicted molar refractivity (Wildman–Crippen MR) is 102 cm³/mol. The third kappa shape index (κ3) is 3.97. The van der Waals surface area contributed by atoms with Crippen molar-refractivity contribution < 1.29 is 14.7 Å². The lowest BCUT2D eigenvalue weighted by Gasteiger charge is -2.15. The summed E-state index contributed by atoms with van der Waals surface area (Å²) in [5, 5.41) is 13.5. The summed E-state index contributed by atoms with van der Waals surface area (Å²) in [5.74, 6) is 0.764. The first-order chi connectivity index (χ1) is 12.6. The Bertz CT molecular complexity index is 950. The molecule has 0 saturated carbocycles. The van der Waals surface area contributed by atoms with Crippen LogP contribution in [-0.2, 0) is 6.54 Å². The van der Waals surface area contributed by atoms with Crippen LogP contribution in [0.1, 0.15) is 12.5 Å². The zero-order valence-corrected chi connectivity index (χ0v) is 14.8. The lowest BCUT2D eigenvalue weighted by atomic mass is 10.2. The number of nitrogens with zero attached hydrogens (tertiary/aromatic N) is 1. The number of aliphatic hydroxyl groups is 1. The summed E-state index contributed by atoms with van der Waals surface area (Å²) >= 11 is 0. The highest BCUT2D eigenvalue weighted by Gasteiger charge is 2.11. The van der Waals surface area contributed by atoms with Crippen molar-refractivity contribution in [3.8, 4) is 5.75 Å². The lowest BCUT2D eigenvalue weighted by molar-refractivity contribution is 0.0365. The number of aromatic nitrogens is 1. The molecule has 0 amide bonds. The average Bonchev–Trinajstić information content (AvgIpc) is 2.65. The molecule has 0 fully saturated rings. The first-order valence-corrected chi connectivity index (χ1v) is 8.41. The van der Waals surface area contributed by atoms with Crippen molar-refractivity contribution >= 4 is 16.6 Å². The van der Waals surface area contributed by atoms with Crippen molar-refractivity contribution in [1.82, 2.24) is 4.73 Å². The molecule has 0 aliphatic heterocycles. The van der Waals surface area contributed by atoms with E-state index in [9.17, 15) is 9.90 Å². The number of rotatable bonds is 7. The first kappa shape index (κ1) is 17.8. The number of benzene rings is 2. The molecule has 1 unspecified atom stereocenters. The Kier molecular flexibility index (Phi) is 5.43. The minimum absolute atomic E-state index is 0.0310. The molecule has 0 aliphatic carbocycles. The van der Waals surface area contributed by atoms with E-state index in [0.717, 1.165) is 16.7 Å². The van der Waals surface area contributed by atoms with Gasteiger partial charge in [-0.3, -0.25) is 4.79 Å². The van der Waals surface area contributed by atoms with Crippen LogP contribution in [0.25, 0.3) is 10.9 Å². The molecule has 2 aromatic carbocycles. The van der Waals surface area contributed by atoms with Crippen LogP contribution in [-0.4, -0.2) is 29.7 Å². The maximum atomic E-state index is 12.8. The topological polar surface area (TPSA) is 72.7 Å². The smallest absolute Gasteiger partial charge is 0.306 e. The summed E-state index contributed by atoms with van der Waals surface area (Å²) in [7, 11) is 1.62. The fourth-order valence-electron chi connectivity index (χ4n) is 2.65. The van der Waals surface area contributed by atoms with Gasteiger partial charge in [-0.25, -0.2) is 0 Å². The van der Waals surface area contributed by atoms with Crippen molar-refractivity contribution in [1.29, 1.82) is 0 Å². The van der Waals surface area contributed by atoms with Gasteiger partial charge in [-0.1, -0.05) is 30.3 Å². The summed E-state index contributed by atoms with van der Waals surface area (Å²) in [4.78, 5) is 18.3. The molecule has 1 aromatic heterocycles. The van der Waals surface area contributed by atoms with Crippen molar-refractivity contribution in [2.24, 2.45) is 0 Å². The number of fused-ring (bicyclic) bond motifs is 1. The van der Waals surface area contributed by atoms with E-state index in [0.29, 0.717) is 17.7 Å². The van der Waals surface area contributed by atoms with Crippen molar-refractivity contribution in [2.45, 2.75) is 19.6 Å². The number of nitrogens with one attached hydrogen (secondary N) is 1. The van der Waals surface area contributed by atoms with Crippen LogP contribution in [0.4, 0.5) is 5.69 Å². The minimum Gasteiger partial charge on any atom is -0.497 e. The van der Waals surface area contributed by atoms with Crippen LogP contribution < -0.4 is 20.5 Å². The second kappa shape index (κ2) is 7.93. The van der Waals surface area contributed by atoms with Crippen LogP contribution >= 0.6 is 0 Å². The molecule has 0 saturated heterocycles. The Balaban J connectivity index is 1.92. The number of para-hydroxylation sites is 1. The Hall–Kier alpha value is -2.99. The Morgan fingerprint density at radius 3 is 2.73 bits per heavy atom. The Labute approximate surface area is 151 Å². The fourth-order valence-corrected chi connectivity index (χ4v) is 2.65. The van der Waals surface area contributed by atoms with E-state index in [4.69, 9.17) is 9.57 Å². The third-order valence-electron chi connectivity index (χ3n) is 3.93. The molecule has 0 spiro atoms. The van der Waals surface area contributed by atoms with E-state index >= 15 is 0 Å². The van der Waals surface area contributed by atoms with Gasteiger partial charge >= 0.3 is 5.56 Å². The lowest BCUT2D eigenvalue weighted by Crippen LogP contribution is -2.32. The van der Waals surface area contributed by atoms with Gasteiger partial charge in [-0.15, -0.1) is 4.73 Å². The standard InChI is InChI=1S/C20H22N2O4/c1-14(23)13-26-22-19-9-4-3-7-16(19)11-18(20(22)24)21-12-15-6-5-8-17(10-15)25-2/h3-11,14,21,23H,12-13H2,1-2H3. The molecule has 3 aromatic rings. The number of hydrogen-bond acceptors (Lipinski definition) is 5. The van der Waals surface area contributed by atoms with Gasteiger partial charge in [0.15, 0.2) is 0 Å². The molecular weight excluding hydrogens is 332 g/mol. The Morgan fingerprint density at radius 2 is 1.96 bits per heavy atom. The highest BCUT2D eigenvalue weighted by Crippen LogP contribution is 2.17. The van der Waals surface area contributed by atoms with Gasteiger partial charge < -0.3 is 20.0 Å². The monoisotopic (exact) mass is 354 g/mol.